The molecule has 2 unspecified atom stereocenters. The zero-order valence-corrected chi connectivity index (χ0v) is 15.4. The van der Waals surface area contributed by atoms with Gasteiger partial charge in [0.1, 0.15) is 6.04 Å². The second-order valence-corrected chi connectivity index (χ2v) is 7.88. The van der Waals surface area contributed by atoms with Crippen LogP contribution in [0.5, 0.6) is 0 Å². The topological polar surface area (TPSA) is 105 Å². The zero-order valence-electron chi connectivity index (χ0n) is 15.4. The minimum atomic E-state index is -0.565. The number of hydrogen-bond acceptors (Lipinski definition) is 5. The van der Waals surface area contributed by atoms with Crippen LogP contribution in [-0.4, -0.2) is 41.2 Å². The van der Waals surface area contributed by atoms with Crippen molar-refractivity contribution in [2.45, 2.75) is 57.3 Å². The van der Waals surface area contributed by atoms with Crippen LogP contribution in [0.25, 0.3) is 0 Å². The van der Waals surface area contributed by atoms with Crippen molar-refractivity contribution in [3.05, 3.63) is 34.9 Å². The lowest BCUT2D eigenvalue weighted by Gasteiger charge is -2.31. The highest BCUT2D eigenvalue weighted by Gasteiger charge is 2.39. The first-order valence-electron chi connectivity index (χ1n) is 9.75. The summed E-state index contributed by atoms with van der Waals surface area (Å²) in [6, 6.07) is 5.51. The predicted octanol–water partition coefficient (Wildman–Crippen LogP) is 0.665. The Balaban J connectivity index is 1.37. The number of nitrogens with one attached hydrogen (secondary N) is 2. The lowest BCUT2D eigenvalue weighted by Crippen LogP contribution is -2.52. The highest BCUT2D eigenvalue weighted by molar-refractivity contribution is 6.05. The summed E-state index contributed by atoms with van der Waals surface area (Å²) in [5, 5.41) is 5.72. The number of amides is 3. The molecule has 2 aliphatic heterocycles. The van der Waals surface area contributed by atoms with E-state index in [2.05, 4.69) is 10.6 Å². The molecule has 4 N–H and O–H groups in total. The van der Waals surface area contributed by atoms with Crippen LogP contribution in [0, 0.1) is 5.92 Å². The molecule has 1 aromatic rings. The van der Waals surface area contributed by atoms with E-state index in [0.717, 1.165) is 17.7 Å². The molecule has 0 bridgehead atoms. The molecular weight excluding hydrogens is 344 g/mol. The van der Waals surface area contributed by atoms with Crippen LogP contribution in [0.1, 0.15) is 53.6 Å². The quantitative estimate of drug-likeness (QED) is 0.638. The van der Waals surface area contributed by atoms with Gasteiger partial charge >= 0.3 is 0 Å². The number of nitrogens with zero attached hydrogens (tertiary/aromatic N) is 1. The van der Waals surface area contributed by atoms with E-state index in [-0.39, 0.29) is 30.2 Å². The number of hydrogen-bond donors (Lipinski definition) is 3. The Labute approximate surface area is 158 Å². The minimum Gasteiger partial charge on any atom is -0.326 e. The van der Waals surface area contributed by atoms with E-state index in [1.165, 1.54) is 19.3 Å². The van der Waals surface area contributed by atoms with Crippen LogP contribution < -0.4 is 16.4 Å². The fourth-order valence-electron chi connectivity index (χ4n) is 4.13. The molecule has 7 nitrogen and oxygen atoms in total. The van der Waals surface area contributed by atoms with Gasteiger partial charge in [0.15, 0.2) is 0 Å². The maximum Gasteiger partial charge on any atom is 0.255 e. The van der Waals surface area contributed by atoms with Crippen LogP contribution in [0.2, 0.25) is 0 Å². The van der Waals surface area contributed by atoms with Crippen molar-refractivity contribution in [1.29, 1.82) is 0 Å². The standard InChI is InChI=1S/C20H26N4O3/c21-16(13-2-1-3-13)10-22-9-12-4-5-14-11-24(20(27)15(14)8-12)17-6-7-18(25)23-19(17)26/h4-5,8,13,16-17,22H,1-3,6-7,9-11,21H2,(H,23,25,26). The molecule has 1 aromatic carbocycles. The summed E-state index contributed by atoms with van der Waals surface area (Å²) >= 11 is 0. The van der Waals surface area contributed by atoms with Gasteiger partial charge in [-0.05, 0) is 42.4 Å². The molecule has 1 saturated carbocycles. The van der Waals surface area contributed by atoms with E-state index in [0.29, 0.717) is 31.0 Å². The number of rotatable bonds is 6. The van der Waals surface area contributed by atoms with Crippen LogP contribution in [0.4, 0.5) is 0 Å². The third kappa shape index (κ3) is 3.61. The Morgan fingerprint density at radius 3 is 2.74 bits per heavy atom. The smallest absolute Gasteiger partial charge is 0.255 e. The highest BCUT2D eigenvalue weighted by atomic mass is 16.2. The second kappa shape index (κ2) is 7.40. The number of carbonyl (C=O) groups excluding carboxylic acids is 3. The molecule has 2 heterocycles. The first-order chi connectivity index (χ1) is 13.0. The summed E-state index contributed by atoms with van der Waals surface area (Å²) in [4.78, 5) is 37.8. The van der Waals surface area contributed by atoms with Crippen molar-refractivity contribution in [2.75, 3.05) is 6.54 Å². The summed E-state index contributed by atoms with van der Waals surface area (Å²) in [6.07, 6.45) is 4.40. The van der Waals surface area contributed by atoms with Crippen molar-refractivity contribution in [3.8, 4) is 0 Å². The van der Waals surface area contributed by atoms with E-state index in [4.69, 9.17) is 5.73 Å². The van der Waals surface area contributed by atoms with E-state index >= 15 is 0 Å². The molecule has 27 heavy (non-hydrogen) atoms. The molecule has 1 aliphatic carbocycles. The summed E-state index contributed by atoms with van der Waals surface area (Å²) in [6.45, 7) is 1.86. The molecule has 0 spiro atoms. The Kier molecular flexibility index (Phi) is 4.97. The average Bonchev–Trinajstić information content (AvgIpc) is 2.90. The molecule has 0 radical (unpaired) electrons. The largest absolute Gasteiger partial charge is 0.326 e. The third-order valence-electron chi connectivity index (χ3n) is 6.06. The van der Waals surface area contributed by atoms with Gasteiger partial charge in [0.25, 0.3) is 5.91 Å². The number of fused-ring (bicyclic) bond motifs is 1. The van der Waals surface area contributed by atoms with Gasteiger partial charge in [-0.1, -0.05) is 18.6 Å². The minimum absolute atomic E-state index is 0.132. The van der Waals surface area contributed by atoms with Crippen molar-refractivity contribution in [1.82, 2.24) is 15.5 Å². The maximum atomic E-state index is 12.8. The van der Waals surface area contributed by atoms with Crippen molar-refractivity contribution >= 4 is 17.7 Å². The summed E-state index contributed by atoms with van der Waals surface area (Å²) < 4.78 is 0. The van der Waals surface area contributed by atoms with Gasteiger partial charge in [-0.3, -0.25) is 19.7 Å². The lowest BCUT2D eigenvalue weighted by molar-refractivity contribution is -0.136. The summed E-state index contributed by atoms with van der Waals surface area (Å²) in [5.41, 5.74) is 8.81. The number of imide groups is 1. The van der Waals surface area contributed by atoms with Gasteiger partial charge < -0.3 is 16.0 Å². The Morgan fingerprint density at radius 1 is 1.22 bits per heavy atom. The Bertz CT molecular complexity index is 774. The number of piperidine rings is 1. The fraction of sp³-hybridized carbons (Fsp3) is 0.550. The molecule has 0 aromatic heterocycles. The molecule has 3 amide bonds. The van der Waals surface area contributed by atoms with Gasteiger partial charge in [-0.2, -0.15) is 0 Å². The maximum absolute atomic E-state index is 12.8. The predicted molar refractivity (Wildman–Crippen MR) is 99.5 cm³/mol. The summed E-state index contributed by atoms with van der Waals surface area (Å²) in [5.74, 6) is -0.137. The number of nitrogens with two attached hydrogens (primary N) is 1. The third-order valence-corrected chi connectivity index (χ3v) is 6.06. The van der Waals surface area contributed by atoms with Crippen LogP contribution in [0.3, 0.4) is 0 Å². The molecule has 2 fully saturated rings. The zero-order chi connectivity index (χ0) is 19.0. The first kappa shape index (κ1) is 18.1. The van der Waals surface area contributed by atoms with E-state index in [1.807, 2.05) is 18.2 Å². The van der Waals surface area contributed by atoms with Crippen molar-refractivity contribution in [2.24, 2.45) is 11.7 Å². The van der Waals surface area contributed by atoms with Crippen molar-refractivity contribution < 1.29 is 14.4 Å². The SMILES string of the molecule is NC(CNCc1ccc2c(c1)C(=O)N(C1CCC(=O)NC1=O)C2)C1CCC1. The normalized spacial score (nSPS) is 23.8. The Hall–Kier alpha value is -2.25. The van der Waals surface area contributed by atoms with E-state index in [9.17, 15) is 14.4 Å². The number of carbonyl (C=O) groups is 3. The molecular formula is C20H26N4O3. The van der Waals surface area contributed by atoms with Gasteiger partial charge in [0.05, 0.1) is 0 Å². The lowest BCUT2D eigenvalue weighted by atomic mass is 9.80. The molecule has 3 aliphatic rings. The fourth-order valence-corrected chi connectivity index (χ4v) is 4.13. The molecule has 1 saturated heterocycles. The van der Waals surface area contributed by atoms with Crippen LogP contribution in [0.15, 0.2) is 18.2 Å². The molecule has 144 valence electrons. The van der Waals surface area contributed by atoms with Crippen molar-refractivity contribution in [3.63, 3.8) is 0 Å². The van der Waals surface area contributed by atoms with Gasteiger partial charge in [-0.15, -0.1) is 0 Å². The van der Waals surface area contributed by atoms with Crippen LogP contribution >= 0.6 is 0 Å². The van der Waals surface area contributed by atoms with Gasteiger partial charge in [-0.25, -0.2) is 0 Å². The van der Waals surface area contributed by atoms with E-state index in [1.54, 1.807) is 4.90 Å². The number of benzene rings is 1. The molecule has 2 atom stereocenters. The Morgan fingerprint density at radius 2 is 2.04 bits per heavy atom. The average molecular weight is 370 g/mol. The highest BCUT2D eigenvalue weighted by Crippen LogP contribution is 2.29. The second-order valence-electron chi connectivity index (χ2n) is 7.88. The van der Waals surface area contributed by atoms with Crippen LogP contribution in [-0.2, 0) is 22.7 Å². The van der Waals surface area contributed by atoms with E-state index < -0.39 is 6.04 Å². The monoisotopic (exact) mass is 370 g/mol. The van der Waals surface area contributed by atoms with Gasteiger partial charge in [0.2, 0.25) is 11.8 Å². The van der Waals surface area contributed by atoms with Gasteiger partial charge in [0, 0.05) is 37.7 Å². The summed E-state index contributed by atoms with van der Waals surface area (Å²) in [7, 11) is 0. The molecule has 7 heteroatoms. The first-order valence-corrected chi connectivity index (χ1v) is 9.75. The molecule has 4 rings (SSSR count).